The van der Waals surface area contributed by atoms with Gasteiger partial charge >= 0.3 is 0 Å². The predicted molar refractivity (Wildman–Crippen MR) is 72.7 cm³/mol. The second-order valence-electron chi connectivity index (χ2n) is 3.66. The summed E-state index contributed by atoms with van der Waals surface area (Å²) in [5.74, 6) is 0.560. The van der Waals surface area contributed by atoms with Crippen LogP contribution in [0.4, 0.5) is 0 Å². The van der Waals surface area contributed by atoms with Crippen LogP contribution in [0.15, 0.2) is 47.4 Å². The standard InChI is InChI=1S/C13H11Cl2NO2/c14-10-4-5-12(11(15)9-10)18-8-7-16-6-2-1-3-13(16)17/h1-6,9H,7-8H2. The molecule has 0 spiro atoms. The number of pyridine rings is 1. The van der Waals surface area contributed by atoms with Crippen LogP contribution in [0.3, 0.4) is 0 Å². The molecule has 1 aromatic heterocycles. The number of hydrogen-bond donors (Lipinski definition) is 0. The normalized spacial score (nSPS) is 10.3. The molecule has 0 atom stereocenters. The maximum absolute atomic E-state index is 11.4. The van der Waals surface area contributed by atoms with Crippen molar-refractivity contribution in [2.24, 2.45) is 0 Å². The van der Waals surface area contributed by atoms with Gasteiger partial charge in [0.25, 0.3) is 5.56 Å². The molecule has 0 radical (unpaired) electrons. The van der Waals surface area contributed by atoms with E-state index < -0.39 is 0 Å². The van der Waals surface area contributed by atoms with E-state index in [9.17, 15) is 4.79 Å². The Kier molecular flexibility index (Phi) is 4.28. The molecule has 0 unspecified atom stereocenters. The maximum Gasteiger partial charge on any atom is 0.250 e. The highest BCUT2D eigenvalue weighted by atomic mass is 35.5. The molecule has 2 aromatic rings. The smallest absolute Gasteiger partial charge is 0.250 e. The van der Waals surface area contributed by atoms with Crippen LogP contribution < -0.4 is 10.3 Å². The first-order valence-corrected chi connectivity index (χ1v) is 6.16. The monoisotopic (exact) mass is 283 g/mol. The lowest BCUT2D eigenvalue weighted by atomic mass is 10.3. The zero-order chi connectivity index (χ0) is 13.0. The Morgan fingerprint density at radius 1 is 1.17 bits per heavy atom. The Hall–Kier alpha value is -1.45. The zero-order valence-corrected chi connectivity index (χ0v) is 11.0. The summed E-state index contributed by atoms with van der Waals surface area (Å²) in [5, 5.41) is 1.02. The van der Waals surface area contributed by atoms with Crippen molar-refractivity contribution in [1.82, 2.24) is 4.57 Å². The third-order valence-electron chi connectivity index (χ3n) is 2.38. The van der Waals surface area contributed by atoms with Gasteiger partial charge in [-0.05, 0) is 24.3 Å². The number of halogens is 2. The molecule has 1 aromatic carbocycles. The van der Waals surface area contributed by atoms with E-state index in [1.54, 1.807) is 41.1 Å². The van der Waals surface area contributed by atoms with E-state index in [2.05, 4.69) is 0 Å². The lowest BCUT2D eigenvalue weighted by molar-refractivity contribution is 0.296. The summed E-state index contributed by atoms with van der Waals surface area (Å²) in [6, 6.07) is 10.0. The van der Waals surface area contributed by atoms with Gasteiger partial charge in [-0.2, -0.15) is 0 Å². The summed E-state index contributed by atoms with van der Waals surface area (Å²) in [6.45, 7) is 0.837. The van der Waals surface area contributed by atoms with E-state index >= 15 is 0 Å². The second-order valence-corrected chi connectivity index (χ2v) is 4.50. The summed E-state index contributed by atoms with van der Waals surface area (Å²) in [4.78, 5) is 11.4. The molecular formula is C13H11Cl2NO2. The van der Waals surface area contributed by atoms with E-state index in [4.69, 9.17) is 27.9 Å². The highest BCUT2D eigenvalue weighted by Crippen LogP contribution is 2.27. The summed E-state index contributed by atoms with van der Waals surface area (Å²) in [7, 11) is 0. The van der Waals surface area contributed by atoms with Crippen molar-refractivity contribution < 1.29 is 4.74 Å². The Labute approximate surface area is 115 Å². The highest BCUT2D eigenvalue weighted by molar-refractivity contribution is 6.35. The van der Waals surface area contributed by atoms with Gasteiger partial charge in [0.2, 0.25) is 0 Å². The Bertz CT molecular complexity index is 596. The molecule has 0 bridgehead atoms. The first-order valence-electron chi connectivity index (χ1n) is 5.40. The van der Waals surface area contributed by atoms with Crippen molar-refractivity contribution in [2.75, 3.05) is 6.61 Å². The number of nitrogens with zero attached hydrogens (tertiary/aromatic N) is 1. The number of hydrogen-bond acceptors (Lipinski definition) is 2. The maximum atomic E-state index is 11.4. The molecule has 3 nitrogen and oxygen atoms in total. The van der Waals surface area contributed by atoms with Crippen molar-refractivity contribution in [3.63, 3.8) is 0 Å². The average Bonchev–Trinajstić information content (AvgIpc) is 2.34. The molecule has 0 fully saturated rings. The molecule has 5 heteroatoms. The van der Waals surface area contributed by atoms with Crippen LogP contribution >= 0.6 is 23.2 Å². The summed E-state index contributed by atoms with van der Waals surface area (Å²) < 4.78 is 7.07. The number of ether oxygens (including phenoxy) is 1. The number of rotatable bonds is 4. The van der Waals surface area contributed by atoms with Gasteiger partial charge in [-0.1, -0.05) is 29.3 Å². The Morgan fingerprint density at radius 3 is 2.72 bits per heavy atom. The van der Waals surface area contributed by atoms with E-state index in [0.717, 1.165) is 0 Å². The Balaban J connectivity index is 1.97. The van der Waals surface area contributed by atoms with Gasteiger partial charge in [-0.25, -0.2) is 0 Å². The summed E-state index contributed by atoms with van der Waals surface area (Å²) in [6.07, 6.45) is 1.72. The molecule has 0 aliphatic rings. The van der Waals surface area contributed by atoms with Gasteiger partial charge in [0, 0.05) is 17.3 Å². The van der Waals surface area contributed by atoms with Crippen LogP contribution in [0.2, 0.25) is 10.0 Å². The minimum Gasteiger partial charge on any atom is -0.490 e. The highest BCUT2D eigenvalue weighted by Gasteiger charge is 2.02. The van der Waals surface area contributed by atoms with Gasteiger partial charge in [-0.3, -0.25) is 4.79 Å². The first-order chi connectivity index (χ1) is 8.66. The summed E-state index contributed by atoms with van der Waals surface area (Å²) >= 11 is 11.7. The van der Waals surface area contributed by atoms with E-state index in [1.807, 2.05) is 0 Å². The molecule has 0 saturated heterocycles. The molecule has 1 heterocycles. The lowest BCUT2D eigenvalue weighted by Crippen LogP contribution is -2.21. The zero-order valence-electron chi connectivity index (χ0n) is 9.48. The van der Waals surface area contributed by atoms with Gasteiger partial charge in [0.1, 0.15) is 12.4 Å². The fourth-order valence-corrected chi connectivity index (χ4v) is 1.95. The van der Waals surface area contributed by atoms with Crippen LogP contribution in [-0.4, -0.2) is 11.2 Å². The van der Waals surface area contributed by atoms with Gasteiger partial charge in [0.05, 0.1) is 11.6 Å². The molecule has 0 aliphatic heterocycles. The third-order valence-corrected chi connectivity index (χ3v) is 2.91. The van der Waals surface area contributed by atoms with Crippen LogP contribution in [0.25, 0.3) is 0 Å². The fourth-order valence-electron chi connectivity index (χ4n) is 1.49. The van der Waals surface area contributed by atoms with Gasteiger partial charge < -0.3 is 9.30 Å². The van der Waals surface area contributed by atoms with Crippen molar-refractivity contribution >= 4 is 23.2 Å². The molecule has 18 heavy (non-hydrogen) atoms. The topological polar surface area (TPSA) is 31.2 Å². The van der Waals surface area contributed by atoms with Crippen molar-refractivity contribution in [1.29, 1.82) is 0 Å². The van der Waals surface area contributed by atoms with E-state index in [-0.39, 0.29) is 5.56 Å². The number of aromatic nitrogens is 1. The van der Waals surface area contributed by atoms with Crippen LogP contribution in [-0.2, 0) is 6.54 Å². The molecule has 0 saturated carbocycles. The van der Waals surface area contributed by atoms with E-state index in [0.29, 0.717) is 28.9 Å². The largest absolute Gasteiger partial charge is 0.490 e. The fraction of sp³-hybridized carbons (Fsp3) is 0.154. The van der Waals surface area contributed by atoms with Gasteiger partial charge in [-0.15, -0.1) is 0 Å². The minimum absolute atomic E-state index is 0.0525. The quantitative estimate of drug-likeness (QED) is 0.863. The second kappa shape index (κ2) is 5.94. The van der Waals surface area contributed by atoms with Crippen LogP contribution in [0, 0.1) is 0 Å². The lowest BCUT2D eigenvalue weighted by Gasteiger charge is -2.09. The van der Waals surface area contributed by atoms with Crippen LogP contribution in [0.1, 0.15) is 0 Å². The molecule has 0 aliphatic carbocycles. The number of benzene rings is 1. The molecule has 0 N–H and O–H groups in total. The molecular weight excluding hydrogens is 273 g/mol. The van der Waals surface area contributed by atoms with Crippen molar-refractivity contribution in [2.45, 2.75) is 6.54 Å². The van der Waals surface area contributed by atoms with Crippen LogP contribution in [0.5, 0.6) is 5.75 Å². The third kappa shape index (κ3) is 3.28. The average molecular weight is 284 g/mol. The Morgan fingerprint density at radius 2 is 2.00 bits per heavy atom. The molecule has 94 valence electrons. The first kappa shape index (κ1) is 13.0. The molecule has 0 amide bonds. The van der Waals surface area contributed by atoms with E-state index in [1.165, 1.54) is 6.07 Å². The van der Waals surface area contributed by atoms with Gasteiger partial charge in [0.15, 0.2) is 0 Å². The molecule has 2 rings (SSSR count). The SMILES string of the molecule is O=c1ccccn1CCOc1ccc(Cl)cc1Cl. The van der Waals surface area contributed by atoms with Crippen molar-refractivity contribution in [3.8, 4) is 5.75 Å². The predicted octanol–water partition coefficient (Wildman–Crippen LogP) is 3.23. The van der Waals surface area contributed by atoms with Crippen molar-refractivity contribution in [3.05, 3.63) is 63.0 Å². The summed E-state index contributed by atoms with van der Waals surface area (Å²) in [5.41, 5.74) is -0.0525. The minimum atomic E-state index is -0.0525.